The van der Waals surface area contributed by atoms with Crippen molar-refractivity contribution in [1.82, 2.24) is 4.98 Å². The molecule has 0 fully saturated rings. The van der Waals surface area contributed by atoms with Gasteiger partial charge in [-0.05, 0) is 73.9 Å². The van der Waals surface area contributed by atoms with Crippen molar-refractivity contribution in [3.05, 3.63) is 114 Å². The van der Waals surface area contributed by atoms with Crippen molar-refractivity contribution in [2.24, 2.45) is 0 Å². The molecule has 0 saturated carbocycles. The van der Waals surface area contributed by atoms with E-state index in [9.17, 15) is 0 Å². The van der Waals surface area contributed by atoms with Gasteiger partial charge in [0.15, 0.2) is 0 Å². The Morgan fingerprint density at radius 1 is 0.472 bits per heavy atom. The first-order valence-corrected chi connectivity index (χ1v) is 12.8. The second kappa shape index (κ2) is 9.06. The lowest BCUT2D eigenvalue weighted by Crippen LogP contribution is -2.10. The lowest BCUT2D eigenvalue weighted by molar-refractivity contribution is 0.590. The molecular formula is C35H35N. The van der Waals surface area contributed by atoms with E-state index in [1.54, 1.807) is 0 Å². The van der Waals surface area contributed by atoms with Crippen molar-refractivity contribution in [3.8, 4) is 33.5 Å². The van der Waals surface area contributed by atoms with E-state index in [-0.39, 0.29) is 10.8 Å². The maximum Gasteiger partial charge on any atom is 0.0780 e. The molecule has 0 N–H and O–H groups in total. The molecule has 0 unspecified atom stereocenters. The highest BCUT2D eigenvalue weighted by Crippen LogP contribution is 2.36. The number of rotatable bonds is 3. The number of hydrogen-bond donors (Lipinski definition) is 0. The smallest absolute Gasteiger partial charge is 0.0780 e. The molecule has 0 radical (unpaired) electrons. The van der Waals surface area contributed by atoms with Crippen LogP contribution in [0.2, 0.25) is 0 Å². The van der Waals surface area contributed by atoms with Crippen molar-refractivity contribution < 1.29 is 0 Å². The predicted molar refractivity (Wildman–Crippen MR) is 155 cm³/mol. The summed E-state index contributed by atoms with van der Waals surface area (Å²) in [6.07, 6.45) is 1.92. The SMILES string of the molecule is CC(C)(C)c1ccc(-c2cc(-c3ccc(C(C)(C)C)cc3)cc(-c3nccc4ccccc34)c2)cc1. The Balaban J connectivity index is 1.69. The summed E-state index contributed by atoms with van der Waals surface area (Å²) in [5.41, 5.74) is 9.96. The zero-order valence-corrected chi connectivity index (χ0v) is 22.3. The van der Waals surface area contributed by atoms with Crippen LogP contribution in [0, 0.1) is 0 Å². The van der Waals surface area contributed by atoms with Gasteiger partial charge in [-0.15, -0.1) is 0 Å². The van der Waals surface area contributed by atoms with Gasteiger partial charge in [0.05, 0.1) is 5.69 Å². The summed E-state index contributed by atoms with van der Waals surface area (Å²) in [5.74, 6) is 0. The minimum absolute atomic E-state index is 0.132. The van der Waals surface area contributed by atoms with Crippen LogP contribution < -0.4 is 0 Å². The van der Waals surface area contributed by atoms with E-state index in [0.29, 0.717) is 0 Å². The van der Waals surface area contributed by atoms with Gasteiger partial charge in [0.1, 0.15) is 0 Å². The van der Waals surface area contributed by atoms with E-state index in [0.717, 1.165) is 11.3 Å². The molecule has 1 aromatic heterocycles. The molecule has 5 aromatic rings. The van der Waals surface area contributed by atoms with Crippen LogP contribution in [-0.4, -0.2) is 4.98 Å². The van der Waals surface area contributed by atoms with E-state index >= 15 is 0 Å². The van der Waals surface area contributed by atoms with Gasteiger partial charge in [0.2, 0.25) is 0 Å². The van der Waals surface area contributed by atoms with E-state index in [1.807, 2.05) is 6.20 Å². The quantitative estimate of drug-likeness (QED) is 0.256. The monoisotopic (exact) mass is 469 g/mol. The van der Waals surface area contributed by atoms with Crippen molar-refractivity contribution in [1.29, 1.82) is 0 Å². The van der Waals surface area contributed by atoms with E-state index in [2.05, 4.69) is 139 Å². The van der Waals surface area contributed by atoms with Crippen molar-refractivity contribution >= 4 is 10.8 Å². The zero-order valence-electron chi connectivity index (χ0n) is 22.3. The Labute approximate surface area is 215 Å². The van der Waals surface area contributed by atoms with Gasteiger partial charge in [0, 0.05) is 17.1 Å². The van der Waals surface area contributed by atoms with Crippen LogP contribution in [0.1, 0.15) is 52.7 Å². The first kappa shape index (κ1) is 24.0. The van der Waals surface area contributed by atoms with E-state index in [1.165, 1.54) is 44.2 Å². The van der Waals surface area contributed by atoms with Gasteiger partial charge in [-0.2, -0.15) is 0 Å². The first-order valence-electron chi connectivity index (χ1n) is 12.8. The topological polar surface area (TPSA) is 12.9 Å². The van der Waals surface area contributed by atoms with Crippen LogP contribution in [0.15, 0.2) is 103 Å². The highest BCUT2D eigenvalue weighted by Gasteiger charge is 2.16. The third-order valence-corrected chi connectivity index (χ3v) is 7.05. The number of nitrogens with zero attached hydrogens (tertiary/aromatic N) is 1. The maximum atomic E-state index is 4.84. The second-order valence-corrected chi connectivity index (χ2v) is 11.8. The predicted octanol–water partition coefficient (Wildman–Crippen LogP) is 9.83. The minimum Gasteiger partial charge on any atom is -0.256 e. The van der Waals surface area contributed by atoms with Crippen LogP contribution in [-0.2, 0) is 10.8 Å². The van der Waals surface area contributed by atoms with Gasteiger partial charge in [-0.25, -0.2) is 0 Å². The standard InChI is InChI=1S/C35H35N/c1-34(2,3)30-15-11-24(12-16-30)27-21-28(25-13-17-31(18-14-25)35(4,5)6)23-29(22-27)33-32-10-8-7-9-26(32)19-20-36-33/h7-23H,1-6H3. The van der Waals surface area contributed by atoms with Crippen LogP contribution in [0.3, 0.4) is 0 Å². The normalized spacial score (nSPS) is 12.2. The van der Waals surface area contributed by atoms with Crippen molar-refractivity contribution in [3.63, 3.8) is 0 Å². The number of aromatic nitrogens is 1. The third kappa shape index (κ3) is 4.84. The number of fused-ring (bicyclic) bond motifs is 1. The zero-order chi connectivity index (χ0) is 25.5. The number of benzene rings is 4. The lowest BCUT2D eigenvalue weighted by Gasteiger charge is -2.20. The maximum absolute atomic E-state index is 4.84. The molecule has 36 heavy (non-hydrogen) atoms. The molecule has 0 saturated heterocycles. The van der Waals surface area contributed by atoms with Crippen LogP contribution >= 0.6 is 0 Å². The van der Waals surface area contributed by atoms with Gasteiger partial charge in [-0.1, -0.05) is 114 Å². The largest absolute Gasteiger partial charge is 0.256 e. The summed E-state index contributed by atoms with van der Waals surface area (Å²) < 4.78 is 0. The summed E-state index contributed by atoms with van der Waals surface area (Å²) in [4.78, 5) is 4.84. The fourth-order valence-electron chi connectivity index (χ4n) is 4.77. The molecule has 5 rings (SSSR count). The summed E-state index contributed by atoms with van der Waals surface area (Å²) in [6, 6.07) is 35.5. The minimum atomic E-state index is 0.132. The molecule has 0 spiro atoms. The summed E-state index contributed by atoms with van der Waals surface area (Å²) in [6.45, 7) is 13.5. The second-order valence-electron chi connectivity index (χ2n) is 11.8. The number of pyridine rings is 1. The molecule has 180 valence electrons. The molecule has 0 bridgehead atoms. The fraction of sp³-hybridized carbons (Fsp3) is 0.229. The average molecular weight is 470 g/mol. The molecule has 0 aliphatic rings. The third-order valence-electron chi connectivity index (χ3n) is 7.05. The van der Waals surface area contributed by atoms with Gasteiger partial charge in [0.25, 0.3) is 0 Å². The highest BCUT2D eigenvalue weighted by atomic mass is 14.7. The Morgan fingerprint density at radius 2 is 0.944 bits per heavy atom. The fourth-order valence-corrected chi connectivity index (χ4v) is 4.77. The molecule has 1 nitrogen and oxygen atoms in total. The molecule has 0 aliphatic heterocycles. The van der Waals surface area contributed by atoms with Crippen molar-refractivity contribution in [2.75, 3.05) is 0 Å². The lowest BCUT2D eigenvalue weighted by atomic mass is 9.85. The van der Waals surface area contributed by atoms with Gasteiger partial charge in [-0.3, -0.25) is 4.98 Å². The summed E-state index contributed by atoms with van der Waals surface area (Å²) in [5, 5.41) is 2.38. The Bertz CT molecular complexity index is 1430. The Morgan fingerprint density at radius 3 is 1.44 bits per heavy atom. The first-order chi connectivity index (χ1) is 17.1. The molecule has 4 aromatic carbocycles. The molecule has 0 atom stereocenters. The molecule has 1 heterocycles. The van der Waals surface area contributed by atoms with Gasteiger partial charge >= 0.3 is 0 Å². The summed E-state index contributed by atoms with van der Waals surface area (Å²) in [7, 11) is 0. The average Bonchev–Trinajstić information content (AvgIpc) is 2.87. The van der Waals surface area contributed by atoms with E-state index in [4.69, 9.17) is 4.98 Å². The molecular weight excluding hydrogens is 434 g/mol. The Kier molecular flexibility index (Phi) is 6.04. The number of hydrogen-bond acceptors (Lipinski definition) is 1. The molecule has 0 amide bonds. The molecule has 0 aliphatic carbocycles. The summed E-state index contributed by atoms with van der Waals surface area (Å²) >= 11 is 0. The highest BCUT2D eigenvalue weighted by molar-refractivity contribution is 5.96. The Hall–Kier alpha value is -3.71. The van der Waals surface area contributed by atoms with E-state index < -0.39 is 0 Å². The van der Waals surface area contributed by atoms with Crippen LogP contribution in [0.4, 0.5) is 0 Å². The molecule has 1 heteroatoms. The van der Waals surface area contributed by atoms with Crippen LogP contribution in [0.5, 0.6) is 0 Å². The van der Waals surface area contributed by atoms with Crippen molar-refractivity contribution in [2.45, 2.75) is 52.4 Å². The van der Waals surface area contributed by atoms with Gasteiger partial charge < -0.3 is 0 Å². The van der Waals surface area contributed by atoms with Crippen LogP contribution in [0.25, 0.3) is 44.3 Å².